The lowest BCUT2D eigenvalue weighted by molar-refractivity contribution is -0.105. The van der Waals surface area contributed by atoms with Crippen LogP contribution in [0.15, 0.2) is 23.8 Å². The van der Waals surface area contributed by atoms with Crippen molar-refractivity contribution in [3.8, 4) is 0 Å². The van der Waals surface area contributed by atoms with Crippen molar-refractivity contribution in [3.63, 3.8) is 0 Å². The summed E-state index contributed by atoms with van der Waals surface area (Å²) in [5.41, 5.74) is 1.01. The Kier molecular flexibility index (Phi) is 3.78. The molecule has 66 valence electrons. The van der Waals surface area contributed by atoms with Gasteiger partial charge in [-0.15, -0.1) is 0 Å². The molecule has 1 heteroatoms. The molecule has 1 aliphatic carbocycles. The minimum Gasteiger partial charge on any atom is -0.298 e. The van der Waals surface area contributed by atoms with E-state index < -0.39 is 0 Å². The molecule has 0 aliphatic heterocycles. The van der Waals surface area contributed by atoms with E-state index in [0.29, 0.717) is 5.92 Å². The van der Waals surface area contributed by atoms with Crippen molar-refractivity contribution >= 4 is 6.29 Å². The average molecular weight is 164 g/mol. The third-order valence-electron chi connectivity index (χ3n) is 2.40. The number of allylic oxidation sites excluding steroid dienone is 4. The molecule has 0 aromatic carbocycles. The van der Waals surface area contributed by atoms with E-state index in [1.807, 2.05) is 6.92 Å². The highest BCUT2D eigenvalue weighted by Crippen LogP contribution is 2.26. The van der Waals surface area contributed by atoms with Gasteiger partial charge in [0, 0.05) is 0 Å². The van der Waals surface area contributed by atoms with Gasteiger partial charge in [-0.05, 0) is 44.1 Å². The van der Waals surface area contributed by atoms with Crippen molar-refractivity contribution < 1.29 is 4.79 Å². The Labute approximate surface area is 74.2 Å². The van der Waals surface area contributed by atoms with Crippen LogP contribution in [-0.4, -0.2) is 6.29 Å². The predicted octanol–water partition coefficient (Wildman–Crippen LogP) is 2.88. The third kappa shape index (κ3) is 2.33. The fraction of sp³-hybridized carbons (Fsp3) is 0.545. The van der Waals surface area contributed by atoms with E-state index in [0.717, 1.165) is 24.7 Å². The first-order chi connectivity index (χ1) is 5.88. The topological polar surface area (TPSA) is 17.1 Å². The van der Waals surface area contributed by atoms with Gasteiger partial charge in [-0.1, -0.05) is 18.2 Å². The largest absolute Gasteiger partial charge is 0.298 e. The highest BCUT2D eigenvalue weighted by molar-refractivity contribution is 5.74. The Bertz CT molecular complexity index is 201. The second kappa shape index (κ2) is 4.91. The third-order valence-corrected chi connectivity index (χ3v) is 2.40. The highest BCUT2D eigenvalue weighted by Gasteiger charge is 2.15. The monoisotopic (exact) mass is 164 g/mol. The number of carbonyl (C=O) groups excluding carboxylic acids is 1. The number of aldehydes is 1. The van der Waals surface area contributed by atoms with Crippen LogP contribution in [0.25, 0.3) is 0 Å². The van der Waals surface area contributed by atoms with E-state index in [4.69, 9.17) is 0 Å². The predicted molar refractivity (Wildman–Crippen MR) is 50.9 cm³/mol. The first-order valence-electron chi connectivity index (χ1n) is 4.65. The number of hydrogen-bond acceptors (Lipinski definition) is 1. The minimum atomic E-state index is 0.493. The second-order valence-corrected chi connectivity index (χ2v) is 3.25. The molecule has 0 saturated heterocycles. The van der Waals surface area contributed by atoms with Gasteiger partial charge >= 0.3 is 0 Å². The molecule has 1 rings (SSSR count). The summed E-state index contributed by atoms with van der Waals surface area (Å²) in [6.07, 6.45) is 11.8. The Balaban J connectivity index is 2.55. The summed E-state index contributed by atoms with van der Waals surface area (Å²) in [6, 6.07) is 0. The molecule has 1 aliphatic rings. The maximum absolute atomic E-state index is 10.6. The average Bonchev–Trinajstić information content (AvgIpc) is 2.15. The van der Waals surface area contributed by atoms with E-state index >= 15 is 0 Å². The van der Waals surface area contributed by atoms with Crippen LogP contribution in [0.4, 0.5) is 0 Å². The Morgan fingerprint density at radius 2 is 2.50 bits per heavy atom. The lowest BCUT2D eigenvalue weighted by atomic mass is 9.86. The molecule has 0 spiro atoms. The van der Waals surface area contributed by atoms with Crippen LogP contribution in [0.3, 0.4) is 0 Å². The number of carbonyl (C=O) groups is 1. The SMILES string of the molecule is C/C=C/CC1CCCC=C1C=O. The minimum absolute atomic E-state index is 0.493. The summed E-state index contributed by atoms with van der Waals surface area (Å²) >= 11 is 0. The molecule has 0 aromatic heterocycles. The number of rotatable bonds is 3. The maximum atomic E-state index is 10.6. The zero-order chi connectivity index (χ0) is 8.81. The summed E-state index contributed by atoms with van der Waals surface area (Å²) < 4.78 is 0. The van der Waals surface area contributed by atoms with Crippen LogP contribution in [0.5, 0.6) is 0 Å². The van der Waals surface area contributed by atoms with Crippen molar-refractivity contribution in [1.82, 2.24) is 0 Å². The Hall–Kier alpha value is -0.850. The summed E-state index contributed by atoms with van der Waals surface area (Å²) in [6.45, 7) is 2.02. The zero-order valence-electron chi connectivity index (χ0n) is 7.62. The van der Waals surface area contributed by atoms with Crippen molar-refractivity contribution in [1.29, 1.82) is 0 Å². The van der Waals surface area contributed by atoms with Crippen LogP contribution < -0.4 is 0 Å². The van der Waals surface area contributed by atoms with Crippen molar-refractivity contribution in [2.75, 3.05) is 0 Å². The van der Waals surface area contributed by atoms with Gasteiger partial charge < -0.3 is 0 Å². The molecule has 1 atom stereocenters. The van der Waals surface area contributed by atoms with Crippen LogP contribution >= 0.6 is 0 Å². The fourth-order valence-corrected chi connectivity index (χ4v) is 1.66. The van der Waals surface area contributed by atoms with E-state index in [-0.39, 0.29) is 0 Å². The molecular formula is C11H16O. The van der Waals surface area contributed by atoms with Crippen LogP contribution in [-0.2, 0) is 4.79 Å². The van der Waals surface area contributed by atoms with Gasteiger partial charge in [0.25, 0.3) is 0 Å². The van der Waals surface area contributed by atoms with Crippen LogP contribution in [0, 0.1) is 5.92 Å². The molecule has 0 saturated carbocycles. The second-order valence-electron chi connectivity index (χ2n) is 3.25. The molecule has 0 fully saturated rings. The van der Waals surface area contributed by atoms with Gasteiger partial charge in [0.05, 0.1) is 0 Å². The molecule has 1 unspecified atom stereocenters. The molecule has 0 aromatic rings. The van der Waals surface area contributed by atoms with Gasteiger partial charge in [0.1, 0.15) is 6.29 Å². The normalized spacial score (nSPS) is 24.1. The van der Waals surface area contributed by atoms with Gasteiger partial charge in [-0.3, -0.25) is 4.79 Å². The van der Waals surface area contributed by atoms with E-state index in [2.05, 4.69) is 18.2 Å². The van der Waals surface area contributed by atoms with Gasteiger partial charge in [-0.2, -0.15) is 0 Å². The maximum Gasteiger partial charge on any atom is 0.145 e. The van der Waals surface area contributed by atoms with Crippen LogP contribution in [0.2, 0.25) is 0 Å². The van der Waals surface area contributed by atoms with Crippen molar-refractivity contribution in [3.05, 3.63) is 23.8 Å². The fourth-order valence-electron chi connectivity index (χ4n) is 1.66. The molecule has 12 heavy (non-hydrogen) atoms. The number of hydrogen-bond donors (Lipinski definition) is 0. The van der Waals surface area contributed by atoms with Crippen molar-refractivity contribution in [2.24, 2.45) is 5.92 Å². The van der Waals surface area contributed by atoms with E-state index in [1.54, 1.807) is 0 Å². The van der Waals surface area contributed by atoms with Gasteiger partial charge in [-0.25, -0.2) is 0 Å². The summed E-state index contributed by atoms with van der Waals surface area (Å²) in [5, 5.41) is 0. The molecule has 0 bridgehead atoms. The van der Waals surface area contributed by atoms with Crippen LogP contribution in [0.1, 0.15) is 32.6 Å². The van der Waals surface area contributed by atoms with E-state index in [9.17, 15) is 4.79 Å². The van der Waals surface area contributed by atoms with Gasteiger partial charge in [0.15, 0.2) is 0 Å². The summed E-state index contributed by atoms with van der Waals surface area (Å²) in [4.78, 5) is 10.6. The first kappa shape index (κ1) is 9.24. The molecule has 0 radical (unpaired) electrons. The molecule has 0 amide bonds. The lowest BCUT2D eigenvalue weighted by Crippen LogP contribution is -2.08. The smallest absolute Gasteiger partial charge is 0.145 e. The Morgan fingerprint density at radius 1 is 1.67 bits per heavy atom. The lowest BCUT2D eigenvalue weighted by Gasteiger charge is -2.18. The Morgan fingerprint density at radius 3 is 3.17 bits per heavy atom. The molecule has 0 N–H and O–H groups in total. The summed E-state index contributed by atoms with van der Waals surface area (Å²) in [5.74, 6) is 0.493. The summed E-state index contributed by atoms with van der Waals surface area (Å²) in [7, 11) is 0. The highest BCUT2D eigenvalue weighted by atomic mass is 16.1. The molecule has 1 nitrogen and oxygen atoms in total. The first-order valence-corrected chi connectivity index (χ1v) is 4.65. The molecule has 0 heterocycles. The standard InChI is InChI=1S/C11H16O/c1-2-3-6-10-7-4-5-8-11(10)9-12/h2-3,8-10H,4-7H2,1H3/b3-2+. The van der Waals surface area contributed by atoms with E-state index in [1.165, 1.54) is 12.8 Å². The van der Waals surface area contributed by atoms with Gasteiger partial charge in [0.2, 0.25) is 0 Å². The van der Waals surface area contributed by atoms with Crippen molar-refractivity contribution in [2.45, 2.75) is 32.6 Å². The molecular weight excluding hydrogens is 148 g/mol. The zero-order valence-corrected chi connectivity index (χ0v) is 7.62. The quantitative estimate of drug-likeness (QED) is 0.463.